The summed E-state index contributed by atoms with van der Waals surface area (Å²) < 4.78 is 463. The molecule has 0 aliphatic carbocycles. The average molecular weight is 1290 g/mol. The number of aliphatic hydroxyl groups is 2. The van der Waals surface area contributed by atoms with E-state index in [0.717, 1.165) is 0 Å². The molecule has 1 aliphatic rings. The summed E-state index contributed by atoms with van der Waals surface area (Å²) in [7, 11) is -25.9. The van der Waals surface area contributed by atoms with Crippen LogP contribution in [0.1, 0.15) is 0 Å². The number of rotatable bonds is 19. The second-order valence-electron chi connectivity index (χ2n) is 13.5. The van der Waals surface area contributed by atoms with Crippen LogP contribution < -0.4 is 5.34 Å². The van der Waals surface area contributed by atoms with Crippen LogP contribution in [0.5, 0.6) is 0 Å². The maximum Gasteiger partial charge on any atom is 0.486 e. The van der Waals surface area contributed by atoms with E-state index < -0.39 is 167 Å². The highest BCUT2D eigenvalue weighted by atomic mass is 32.1. The Morgan fingerprint density at radius 2 is 1.10 bits per heavy atom. The van der Waals surface area contributed by atoms with Gasteiger partial charge in [0.05, 0.1) is 0 Å². The molecule has 446 valence electrons. The summed E-state index contributed by atoms with van der Waals surface area (Å²) >= 11 is 1.49. The van der Waals surface area contributed by atoms with Crippen molar-refractivity contribution in [2.45, 2.75) is 77.2 Å². The number of halogens is 29. The van der Waals surface area contributed by atoms with E-state index in [4.69, 9.17) is 9.79 Å². The van der Waals surface area contributed by atoms with Gasteiger partial charge in [-0.05, 0) is 5.34 Å². The molecular formula is C21H7F29N7O16P3S. The summed E-state index contributed by atoms with van der Waals surface area (Å²) in [5.41, 5.74) is -14.5. The molecule has 0 radical (unpaired) electrons. The molecule has 2 unspecified atom stereocenters. The highest BCUT2D eigenvalue weighted by molar-refractivity contribution is 7.81. The number of nitrogens with zero attached hydrogens (tertiary/aromatic N) is 7. The first-order valence-corrected chi connectivity index (χ1v) is 21.4. The molecule has 1 saturated heterocycles. The molecule has 0 bridgehead atoms. The molecule has 2 amide bonds. The number of carbonyl (C=O) groups is 2. The Hall–Kier alpha value is -4.14. The smallest absolute Gasteiger partial charge is 0.353 e. The number of hydrogen-bond acceptors (Lipinski definition) is 17. The number of anilines is 1. The van der Waals surface area contributed by atoms with Crippen molar-refractivity contribution in [3.8, 4) is 0 Å². The Labute approximate surface area is 398 Å². The summed E-state index contributed by atoms with van der Waals surface area (Å²) in [5, 5.41) is 1.19. The number of phosphoric ester groups is 3. The van der Waals surface area contributed by atoms with Crippen molar-refractivity contribution in [1.82, 2.24) is 29.8 Å². The molecule has 1 aliphatic heterocycles. The number of phosphoric acid groups is 3. The van der Waals surface area contributed by atoms with E-state index in [1.807, 2.05) is 0 Å². The van der Waals surface area contributed by atoms with Crippen LogP contribution in [0.2, 0.25) is 0 Å². The lowest BCUT2D eigenvalue weighted by Crippen LogP contribution is -2.76. The minimum Gasteiger partial charge on any atom is -0.353 e. The number of ether oxygens (including phenoxy) is 1. The molecule has 77 heavy (non-hydrogen) atoms. The zero-order valence-corrected chi connectivity index (χ0v) is 36.7. The Balaban J connectivity index is 2.24. The largest absolute Gasteiger partial charge is 0.486 e. The summed E-state index contributed by atoms with van der Waals surface area (Å²) in [6.45, 7) is 0. The van der Waals surface area contributed by atoms with Crippen molar-refractivity contribution in [1.29, 1.82) is 0 Å². The molecule has 23 nitrogen and oxygen atoms in total. The number of amides is 2. The number of fused-ring (bicyclic) bond motifs is 1. The SMILES string of the molecule is O=C(N(F)C(F)(F)C(F)(F)S)C(F)(F)C(F)(F)N(F)C(=O)[C@@](O)(F)C(C(F)(F)F)(C(F)(F)F)C(F)(F)OP(=O)(O)OP(=O)(O)OC(F)(F)[C@@]1(F)O[C@@](F)(n2c(F)nc3c(N(F)F)nc(F)nc32)[C@@](O)(F)[C@]1(F)OP(=O)(O)O. The van der Waals surface area contributed by atoms with Crippen LogP contribution in [0.4, 0.5) is 134 Å². The van der Waals surface area contributed by atoms with Crippen LogP contribution in [0.25, 0.3) is 11.2 Å². The van der Waals surface area contributed by atoms with E-state index in [-0.39, 0.29) is 0 Å². The van der Waals surface area contributed by atoms with Gasteiger partial charge in [-0.3, -0.25) is 14.3 Å². The van der Waals surface area contributed by atoms with Gasteiger partial charge in [0.15, 0.2) is 11.2 Å². The average Bonchev–Trinajstić information content (AvgIpc) is 3.55. The van der Waals surface area contributed by atoms with Gasteiger partial charge in [0.2, 0.25) is 5.82 Å². The fraction of sp³-hybridized carbons (Fsp3) is 0.667. The van der Waals surface area contributed by atoms with Crippen LogP contribution >= 0.6 is 36.1 Å². The number of thiol groups is 1. The van der Waals surface area contributed by atoms with Gasteiger partial charge >= 0.3 is 124 Å². The van der Waals surface area contributed by atoms with Crippen molar-refractivity contribution in [3.05, 3.63) is 12.2 Å². The number of hydrogen-bond donors (Lipinski definition) is 7. The van der Waals surface area contributed by atoms with Crippen molar-refractivity contribution >= 4 is 64.9 Å². The number of imidazole rings is 1. The number of alkyl halides is 23. The summed E-state index contributed by atoms with van der Waals surface area (Å²) in [6.07, 6.45) is -42.0. The standard InChI is InChI=1S/C21H7F29N7O16P3S/c22-6-52-2-1(3(53-6)57(49)50)51-7(23)54(2)21(46)11(27,61)12(28,70-74(62,63)64)13(29,69-21)19(42,43)72-76(67,68)73-75(65,66)71-18(40,41)10(14(30,31)32,15(33,34)35)9(26,60)5(59)56(48)16(36,37)8(24,25)4(58)55(47)17(38,39)20(44,45)77/h60-61,77H,(H,65,66)(H,67,68)(H2,62,63,64)/t9-,11+,12-,13-,21-/m0/s1. The van der Waals surface area contributed by atoms with Crippen molar-refractivity contribution < 1.29 is 203 Å². The van der Waals surface area contributed by atoms with E-state index in [2.05, 4.69) is 33.0 Å². The summed E-state index contributed by atoms with van der Waals surface area (Å²) in [4.78, 5) is 66.3. The topological polar surface area (TPSA) is 306 Å². The molecule has 3 heterocycles. The van der Waals surface area contributed by atoms with Gasteiger partial charge in [-0.15, -0.1) is 0 Å². The lowest BCUT2D eigenvalue weighted by atomic mass is 9.76. The molecule has 3 rings (SSSR count). The van der Waals surface area contributed by atoms with E-state index >= 15 is 39.5 Å². The molecule has 0 aromatic carbocycles. The molecule has 2 aromatic heterocycles. The van der Waals surface area contributed by atoms with Crippen molar-refractivity contribution in [3.63, 3.8) is 0 Å². The van der Waals surface area contributed by atoms with Crippen LogP contribution in [0.3, 0.4) is 0 Å². The van der Waals surface area contributed by atoms with Crippen LogP contribution in [0.15, 0.2) is 0 Å². The zero-order valence-electron chi connectivity index (χ0n) is 33.1. The third-order valence-electron chi connectivity index (χ3n) is 8.60. The van der Waals surface area contributed by atoms with Crippen LogP contribution in [-0.4, -0.2) is 143 Å². The van der Waals surface area contributed by atoms with Crippen molar-refractivity contribution in [2.75, 3.05) is 5.34 Å². The summed E-state index contributed by atoms with van der Waals surface area (Å²) in [6, 6.07) is -16.0. The molecular weight excluding hydrogens is 1280 g/mol. The number of aromatic nitrogens is 4. The van der Waals surface area contributed by atoms with E-state index in [1.165, 1.54) is 12.6 Å². The van der Waals surface area contributed by atoms with E-state index in [9.17, 15) is 131 Å². The van der Waals surface area contributed by atoms with Gasteiger partial charge < -0.3 is 29.8 Å². The van der Waals surface area contributed by atoms with Gasteiger partial charge in [0, 0.05) is 0 Å². The Bertz CT molecular complexity index is 2810. The Morgan fingerprint density at radius 3 is 1.51 bits per heavy atom. The maximum atomic E-state index is 16.3. The first-order chi connectivity index (χ1) is 33.4. The first kappa shape index (κ1) is 67.1. The minimum absolute atomic E-state index is 1.49. The molecule has 7 atom stereocenters. The van der Waals surface area contributed by atoms with Gasteiger partial charge in [0.1, 0.15) is 0 Å². The summed E-state index contributed by atoms with van der Waals surface area (Å²) in [5.74, 6) is -61.2. The fourth-order valence-corrected chi connectivity index (χ4v) is 8.19. The predicted octanol–water partition coefficient (Wildman–Crippen LogP) is 6.36. The molecule has 1 fully saturated rings. The normalized spacial score (nSPS) is 25.3. The Kier molecular flexibility index (Phi) is 16.3. The van der Waals surface area contributed by atoms with Crippen LogP contribution in [0, 0.1) is 17.6 Å². The highest BCUT2D eigenvalue weighted by Gasteiger charge is 2.98. The second-order valence-corrected chi connectivity index (χ2v) is 18.1. The predicted molar refractivity (Wildman–Crippen MR) is 165 cm³/mol. The molecule has 6 N–H and O–H groups in total. The van der Waals surface area contributed by atoms with Gasteiger partial charge in [0.25, 0.3) is 6.08 Å². The molecule has 0 spiro atoms. The van der Waals surface area contributed by atoms with Gasteiger partial charge in [-0.2, -0.15) is 129 Å². The molecule has 2 aromatic rings. The monoisotopic (exact) mass is 1290 g/mol. The van der Waals surface area contributed by atoms with E-state index in [0.29, 0.717) is 0 Å². The molecule has 56 heteroatoms. The second kappa shape index (κ2) is 18.7. The third-order valence-corrected chi connectivity index (χ3v) is 11.9. The lowest BCUT2D eigenvalue weighted by Gasteiger charge is -2.46. The quantitative estimate of drug-likeness (QED) is 0.0153. The zero-order chi connectivity index (χ0) is 61.5. The van der Waals surface area contributed by atoms with E-state index in [1.54, 1.807) is 4.52 Å². The highest BCUT2D eigenvalue weighted by Crippen LogP contribution is 2.74. The number of carbonyl (C=O) groups excluding carboxylic acids is 2. The van der Waals surface area contributed by atoms with Gasteiger partial charge in [-0.25, -0.2) is 31.8 Å². The third kappa shape index (κ3) is 10.2. The first-order valence-electron chi connectivity index (χ1n) is 16.4. The Morgan fingerprint density at radius 1 is 0.675 bits per heavy atom. The fourth-order valence-electron chi connectivity index (χ4n) is 5.40. The maximum absolute atomic E-state index is 16.3. The molecule has 0 saturated carbocycles. The lowest BCUT2D eigenvalue weighted by molar-refractivity contribution is -0.489. The van der Waals surface area contributed by atoms with Crippen LogP contribution in [-0.2, 0) is 51.9 Å². The van der Waals surface area contributed by atoms with Crippen molar-refractivity contribution in [2.24, 2.45) is 5.41 Å². The van der Waals surface area contributed by atoms with Gasteiger partial charge in [-0.1, -0.05) is 40.8 Å². The minimum atomic E-state index is -9.53.